The molecule has 34 heavy (non-hydrogen) atoms. The SMILES string of the molecule is Cc1c(Cl)cccc1NS(=O)(=O)c1ccc(NC(=O)CN(c2cccc(F)c2)S(C)(=O)=O)cc1. The van der Waals surface area contributed by atoms with Crippen LogP contribution >= 0.6 is 11.6 Å². The van der Waals surface area contributed by atoms with Crippen molar-refractivity contribution >= 4 is 54.6 Å². The molecule has 0 unspecified atom stereocenters. The number of sulfonamides is 2. The zero-order valence-electron chi connectivity index (χ0n) is 18.1. The molecule has 3 aromatic rings. The molecule has 0 aliphatic carbocycles. The van der Waals surface area contributed by atoms with E-state index in [1.165, 1.54) is 36.4 Å². The van der Waals surface area contributed by atoms with E-state index in [0.717, 1.165) is 22.7 Å². The molecule has 0 aromatic heterocycles. The van der Waals surface area contributed by atoms with E-state index in [9.17, 15) is 26.0 Å². The summed E-state index contributed by atoms with van der Waals surface area (Å²) in [6, 6.07) is 15.0. The van der Waals surface area contributed by atoms with E-state index in [1.807, 2.05) is 0 Å². The summed E-state index contributed by atoms with van der Waals surface area (Å²) in [6.45, 7) is 1.08. The van der Waals surface area contributed by atoms with E-state index in [4.69, 9.17) is 11.6 Å². The number of anilines is 3. The Morgan fingerprint density at radius 3 is 2.26 bits per heavy atom. The average Bonchev–Trinajstić information content (AvgIpc) is 2.75. The number of nitrogens with zero attached hydrogens (tertiary/aromatic N) is 1. The van der Waals surface area contributed by atoms with Crippen molar-refractivity contribution in [2.24, 2.45) is 0 Å². The molecule has 0 radical (unpaired) electrons. The molecule has 0 fully saturated rings. The Bertz CT molecular complexity index is 1430. The lowest BCUT2D eigenvalue weighted by molar-refractivity contribution is -0.114. The molecule has 12 heteroatoms. The van der Waals surface area contributed by atoms with Crippen LogP contribution in [0.25, 0.3) is 0 Å². The Kier molecular flexibility index (Phi) is 7.49. The normalized spacial score (nSPS) is 11.6. The van der Waals surface area contributed by atoms with Gasteiger partial charge in [0, 0.05) is 10.7 Å². The molecule has 0 heterocycles. The van der Waals surface area contributed by atoms with Crippen molar-refractivity contribution in [1.82, 2.24) is 0 Å². The van der Waals surface area contributed by atoms with Crippen molar-refractivity contribution in [1.29, 1.82) is 0 Å². The summed E-state index contributed by atoms with van der Waals surface area (Å²) in [5, 5.41) is 2.92. The third-order valence-electron chi connectivity index (χ3n) is 4.74. The molecular formula is C22H21ClFN3O5S2. The van der Waals surface area contributed by atoms with Gasteiger partial charge in [0.25, 0.3) is 10.0 Å². The van der Waals surface area contributed by atoms with Gasteiger partial charge in [-0.1, -0.05) is 23.7 Å². The van der Waals surface area contributed by atoms with Gasteiger partial charge in [-0.15, -0.1) is 0 Å². The Morgan fingerprint density at radius 1 is 1.00 bits per heavy atom. The summed E-state index contributed by atoms with van der Waals surface area (Å²) < 4.78 is 66.4. The second kappa shape index (κ2) is 10.00. The van der Waals surface area contributed by atoms with Crippen LogP contribution in [0, 0.1) is 12.7 Å². The van der Waals surface area contributed by atoms with E-state index < -0.39 is 38.3 Å². The highest BCUT2D eigenvalue weighted by Gasteiger charge is 2.22. The number of amides is 1. The van der Waals surface area contributed by atoms with E-state index in [1.54, 1.807) is 25.1 Å². The Hall–Kier alpha value is -3.15. The first-order valence-electron chi connectivity index (χ1n) is 9.78. The van der Waals surface area contributed by atoms with Gasteiger partial charge in [0.1, 0.15) is 12.4 Å². The van der Waals surface area contributed by atoms with Gasteiger partial charge in [0.15, 0.2) is 0 Å². The van der Waals surface area contributed by atoms with E-state index >= 15 is 0 Å². The van der Waals surface area contributed by atoms with Gasteiger partial charge < -0.3 is 5.32 Å². The summed E-state index contributed by atoms with van der Waals surface area (Å²) in [7, 11) is -7.80. The Balaban J connectivity index is 1.73. The van der Waals surface area contributed by atoms with Crippen LogP contribution in [0.15, 0.2) is 71.6 Å². The molecule has 0 aliphatic rings. The number of hydrogen-bond donors (Lipinski definition) is 2. The topological polar surface area (TPSA) is 113 Å². The van der Waals surface area contributed by atoms with E-state index in [0.29, 0.717) is 16.3 Å². The van der Waals surface area contributed by atoms with Crippen LogP contribution in [-0.4, -0.2) is 35.5 Å². The fourth-order valence-electron chi connectivity index (χ4n) is 3.00. The number of rotatable bonds is 8. The molecular weight excluding hydrogens is 505 g/mol. The van der Waals surface area contributed by atoms with Gasteiger partial charge in [0.2, 0.25) is 15.9 Å². The third-order valence-corrected chi connectivity index (χ3v) is 7.68. The molecule has 3 rings (SSSR count). The van der Waals surface area contributed by atoms with Crippen LogP contribution < -0.4 is 14.3 Å². The first kappa shape index (κ1) is 25.5. The van der Waals surface area contributed by atoms with Crippen molar-refractivity contribution in [2.75, 3.05) is 27.1 Å². The van der Waals surface area contributed by atoms with Crippen LogP contribution in [0.4, 0.5) is 21.5 Å². The molecule has 0 saturated heterocycles. The fraction of sp³-hybridized carbons (Fsp3) is 0.136. The maximum absolute atomic E-state index is 13.5. The van der Waals surface area contributed by atoms with Gasteiger partial charge in [0.05, 0.1) is 22.5 Å². The largest absolute Gasteiger partial charge is 0.325 e. The van der Waals surface area contributed by atoms with Crippen LogP contribution in [0.2, 0.25) is 5.02 Å². The highest BCUT2D eigenvalue weighted by molar-refractivity contribution is 7.92. The first-order valence-corrected chi connectivity index (χ1v) is 13.5. The minimum atomic E-state index is -3.92. The quantitative estimate of drug-likeness (QED) is 0.461. The summed E-state index contributed by atoms with van der Waals surface area (Å²) >= 11 is 6.03. The Labute approximate surface area is 202 Å². The monoisotopic (exact) mass is 525 g/mol. The lowest BCUT2D eigenvalue weighted by Gasteiger charge is -2.22. The van der Waals surface area contributed by atoms with E-state index in [2.05, 4.69) is 10.0 Å². The maximum atomic E-state index is 13.5. The van der Waals surface area contributed by atoms with Crippen molar-refractivity contribution < 1.29 is 26.0 Å². The summed E-state index contributed by atoms with van der Waals surface area (Å²) in [5.74, 6) is -1.34. The highest BCUT2D eigenvalue weighted by Crippen LogP contribution is 2.26. The highest BCUT2D eigenvalue weighted by atomic mass is 35.5. The standard InChI is InChI=1S/C22H21ClFN3O5S2/c1-15-20(23)7-4-8-21(15)26-34(31,32)19-11-9-17(10-12-19)25-22(28)14-27(33(2,29)30)18-6-3-5-16(24)13-18/h3-13,26H,14H2,1-2H3,(H,25,28). The summed E-state index contributed by atoms with van der Waals surface area (Å²) in [4.78, 5) is 12.4. The molecule has 0 aliphatic heterocycles. The molecule has 0 saturated carbocycles. The predicted molar refractivity (Wildman–Crippen MR) is 131 cm³/mol. The molecule has 0 spiro atoms. The van der Waals surface area contributed by atoms with Crippen LogP contribution in [0.1, 0.15) is 5.56 Å². The lowest BCUT2D eigenvalue weighted by Crippen LogP contribution is -2.37. The summed E-state index contributed by atoms with van der Waals surface area (Å²) in [5.41, 5.74) is 1.16. The zero-order chi connectivity index (χ0) is 25.1. The number of halogens is 2. The minimum absolute atomic E-state index is 0.00137. The molecule has 0 bridgehead atoms. The second-order valence-corrected chi connectivity index (χ2v) is 11.3. The van der Waals surface area contributed by atoms with E-state index in [-0.39, 0.29) is 16.3 Å². The van der Waals surface area contributed by atoms with Gasteiger partial charge in [-0.05, 0) is 67.1 Å². The predicted octanol–water partition coefficient (Wildman–Crippen LogP) is 3.99. The molecule has 180 valence electrons. The van der Waals surface area contributed by atoms with Crippen LogP contribution in [0.3, 0.4) is 0 Å². The smallest absolute Gasteiger partial charge is 0.261 e. The third kappa shape index (κ3) is 6.25. The van der Waals surface area contributed by atoms with Crippen LogP contribution in [0.5, 0.6) is 0 Å². The average molecular weight is 526 g/mol. The fourth-order valence-corrected chi connectivity index (χ4v) is 5.15. The van der Waals surface area contributed by atoms with Gasteiger partial charge >= 0.3 is 0 Å². The zero-order valence-corrected chi connectivity index (χ0v) is 20.5. The lowest BCUT2D eigenvalue weighted by atomic mass is 10.2. The van der Waals surface area contributed by atoms with Crippen LogP contribution in [-0.2, 0) is 24.8 Å². The van der Waals surface area contributed by atoms with Crippen molar-refractivity contribution in [2.45, 2.75) is 11.8 Å². The summed E-state index contributed by atoms with van der Waals surface area (Å²) in [6.07, 6.45) is 0.902. The molecule has 1 amide bonds. The molecule has 0 atom stereocenters. The molecule has 8 nitrogen and oxygen atoms in total. The number of carbonyl (C=O) groups excluding carboxylic acids is 1. The maximum Gasteiger partial charge on any atom is 0.261 e. The number of nitrogens with one attached hydrogen (secondary N) is 2. The second-order valence-electron chi connectivity index (χ2n) is 7.34. The minimum Gasteiger partial charge on any atom is -0.325 e. The van der Waals surface area contributed by atoms with Crippen molar-refractivity contribution in [3.8, 4) is 0 Å². The molecule has 2 N–H and O–H groups in total. The van der Waals surface area contributed by atoms with Crippen molar-refractivity contribution in [3.63, 3.8) is 0 Å². The number of benzene rings is 3. The Morgan fingerprint density at radius 2 is 1.65 bits per heavy atom. The number of hydrogen-bond acceptors (Lipinski definition) is 5. The number of carbonyl (C=O) groups is 1. The van der Waals surface area contributed by atoms with Crippen molar-refractivity contribution in [3.05, 3.63) is 83.1 Å². The van der Waals surface area contributed by atoms with Gasteiger partial charge in [-0.25, -0.2) is 21.2 Å². The molecule has 3 aromatic carbocycles. The van der Waals surface area contributed by atoms with Gasteiger partial charge in [-0.2, -0.15) is 0 Å². The first-order chi connectivity index (χ1) is 15.9. The van der Waals surface area contributed by atoms with Gasteiger partial charge in [-0.3, -0.25) is 13.8 Å².